The van der Waals surface area contributed by atoms with Crippen LogP contribution in [0.4, 0.5) is 18.3 Å². The minimum absolute atomic E-state index is 0.0487. The summed E-state index contributed by atoms with van der Waals surface area (Å²) in [6.45, 7) is 4.03. The first-order chi connectivity index (χ1) is 26.0. The number of nitrogens with zero attached hydrogens (tertiary/aromatic N) is 3. The number of hydrogen-bond acceptors (Lipinski definition) is 13. The molecule has 2 N–H and O–H groups in total. The number of carbonyl (C=O) groups excluding carboxylic acids is 5. The minimum Gasteiger partial charge on any atom is -0.457 e. The molecular weight excluding hydrogens is 807 g/mol. The van der Waals surface area contributed by atoms with E-state index in [-0.39, 0.29) is 10.0 Å². The number of fused-ring (bicyclic) bond motifs is 1. The fourth-order valence-electron chi connectivity index (χ4n) is 5.30. The van der Waals surface area contributed by atoms with Crippen molar-refractivity contribution in [1.29, 1.82) is 0 Å². The number of β-lactam (4-membered cyclic amide) rings is 1. The molecule has 0 bridgehead atoms. The molecule has 0 spiro atoms. The van der Waals surface area contributed by atoms with Crippen molar-refractivity contribution < 1.29 is 51.5 Å². The highest BCUT2D eigenvalue weighted by molar-refractivity contribution is 8.00. The molecule has 292 valence electrons. The van der Waals surface area contributed by atoms with Crippen molar-refractivity contribution in [2.75, 3.05) is 29.7 Å². The zero-order chi connectivity index (χ0) is 40.1. The van der Waals surface area contributed by atoms with Crippen LogP contribution in [0.2, 0.25) is 4.34 Å². The van der Waals surface area contributed by atoms with E-state index in [1.165, 1.54) is 28.4 Å². The third-order valence-electron chi connectivity index (χ3n) is 7.54. The molecule has 1 aromatic heterocycles. The summed E-state index contributed by atoms with van der Waals surface area (Å²) in [5.74, 6) is -5.00. The van der Waals surface area contributed by atoms with Gasteiger partial charge in [-0.15, -0.1) is 11.8 Å². The smallest absolute Gasteiger partial charge is 0.457 e. The van der Waals surface area contributed by atoms with Gasteiger partial charge in [-0.25, -0.2) is 14.6 Å². The first-order valence-corrected chi connectivity index (χ1v) is 19.9. The molecule has 1 saturated heterocycles. The van der Waals surface area contributed by atoms with E-state index in [0.717, 1.165) is 0 Å². The lowest BCUT2D eigenvalue weighted by atomic mass is 10.0. The van der Waals surface area contributed by atoms with E-state index in [1.54, 1.807) is 26.1 Å². The Hall–Kier alpha value is -4.59. The summed E-state index contributed by atoms with van der Waals surface area (Å²) in [6.07, 6.45) is -4.21. The molecule has 5 rings (SSSR count). The molecule has 13 nitrogen and oxygen atoms in total. The number of aromatic nitrogens is 1. The van der Waals surface area contributed by atoms with Gasteiger partial charge in [-0.1, -0.05) is 88.8 Å². The van der Waals surface area contributed by atoms with Crippen LogP contribution in [0.5, 0.6) is 0 Å². The van der Waals surface area contributed by atoms with Crippen molar-refractivity contribution in [2.45, 2.75) is 50.1 Å². The Kier molecular flexibility index (Phi) is 13.2. The number of oxime groups is 1. The van der Waals surface area contributed by atoms with Crippen molar-refractivity contribution in [1.82, 2.24) is 15.2 Å². The average molecular weight is 840 g/mol. The van der Waals surface area contributed by atoms with Gasteiger partial charge in [-0.3, -0.25) is 24.6 Å². The second-order valence-electron chi connectivity index (χ2n) is 12.7. The Labute approximate surface area is 330 Å². The number of carbonyl (C=O) groups is 5. The predicted octanol–water partition coefficient (Wildman–Crippen LogP) is 5.71. The van der Waals surface area contributed by atoms with Crippen molar-refractivity contribution in [3.63, 3.8) is 0 Å². The molecule has 3 heterocycles. The molecule has 20 heteroatoms. The number of thiazole rings is 1. The summed E-state index contributed by atoms with van der Waals surface area (Å²) in [7, 11) is 0. The molecule has 55 heavy (non-hydrogen) atoms. The van der Waals surface area contributed by atoms with Crippen molar-refractivity contribution in [3.05, 3.63) is 93.1 Å². The number of esters is 2. The van der Waals surface area contributed by atoms with Crippen LogP contribution in [0.1, 0.15) is 43.7 Å². The molecule has 3 aromatic rings. The van der Waals surface area contributed by atoms with E-state index in [9.17, 15) is 37.1 Å². The normalized spacial score (nSPS) is 17.3. The highest BCUT2D eigenvalue weighted by Crippen LogP contribution is 2.42. The Bertz CT molecular complexity index is 1970. The van der Waals surface area contributed by atoms with Crippen LogP contribution in [0.15, 0.2) is 77.1 Å². The van der Waals surface area contributed by atoms with E-state index in [2.05, 4.69) is 15.5 Å². The molecule has 0 saturated carbocycles. The highest BCUT2D eigenvalue weighted by atomic mass is 35.5. The standard InChI is InChI=1S/C35H33ClF3N5O8S3/c1-34(2,3)52-21(45)15-50-43-23(22-27(36)55-33(41-22)42-32(49)35(37,38)39)28(46)40-24-29(47)44-25(20(16-53-4)17-54-30(24)44)31(48)51-26(18-11-7-5-8-12-18)19-13-9-6-10-14-19/h5-14,24,26,30H,15-17H2,1-4H3,(H,40,46)(H,41,42,49)/t24?,30-/m0/s1. The Balaban J connectivity index is 1.39. The lowest BCUT2D eigenvalue weighted by molar-refractivity contribution is -0.167. The molecular formula is C35H33ClF3N5O8S3. The van der Waals surface area contributed by atoms with Crippen LogP contribution < -0.4 is 10.6 Å². The van der Waals surface area contributed by atoms with Gasteiger partial charge in [0.05, 0.1) is 0 Å². The number of rotatable bonds is 13. The molecule has 0 aliphatic carbocycles. The first kappa shape index (κ1) is 41.6. The molecule has 1 unspecified atom stereocenters. The summed E-state index contributed by atoms with van der Waals surface area (Å²) in [6, 6.07) is 17.0. The van der Waals surface area contributed by atoms with E-state index >= 15 is 0 Å². The molecule has 2 atom stereocenters. The molecule has 1 fully saturated rings. The monoisotopic (exact) mass is 839 g/mol. The number of amides is 3. The number of halogens is 4. The topological polar surface area (TPSA) is 166 Å². The van der Waals surface area contributed by atoms with Gasteiger partial charge in [0, 0.05) is 11.5 Å². The van der Waals surface area contributed by atoms with Gasteiger partial charge in [0.15, 0.2) is 16.9 Å². The number of nitrogens with one attached hydrogen (secondary N) is 2. The zero-order valence-corrected chi connectivity index (χ0v) is 32.7. The van der Waals surface area contributed by atoms with Crippen LogP contribution in [0.25, 0.3) is 0 Å². The fourth-order valence-corrected chi connectivity index (χ4v) is 8.40. The molecule has 3 amide bonds. The SMILES string of the molecule is CSCC1=C(C(=O)OC(c2ccccc2)c2ccccc2)N2C(=O)C(NC(=O)C(=NOCC(=O)OC(C)(C)C)c3nc(NC(=O)C(F)(F)F)sc3Cl)[C@@H]2SC1. The minimum atomic E-state index is -5.25. The predicted molar refractivity (Wildman–Crippen MR) is 201 cm³/mol. The van der Waals surface area contributed by atoms with Crippen molar-refractivity contribution >= 4 is 87.0 Å². The van der Waals surface area contributed by atoms with E-state index in [1.807, 2.05) is 66.9 Å². The number of anilines is 1. The van der Waals surface area contributed by atoms with E-state index in [0.29, 0.717) is 39.5 Å². The lowest BCUT2D eigenvalue weighted by Gasteiger charge is -2.49. The lowest BCUT2D eigenvalue weighted by Crippen LogP contribution is -2.71. The summed E-state index contributed by atoms with van der Waals surface area (Å²) in [5, 5.41) is 6.35. The summed E-state index contributed by atoms with van der Waals surface area (Å²) < 4.78 is 49.7. The molecule has 2 aliphatic heterocycles. The average Bonchev–Trinajstić information content (AvgIpc) is 3.49. The third kappa shape index (κ3) is 10.2. The van der Waals surface area contributed by atoms with Crippen molar-refractivity contribution in [2.24, 2.45) is 5.16 Å². The molecule has 2 aromatic carbocycles. The summed E-state index contributed by atoms with van der Waals surface area (Å²) >= 11 is 9.37. The van der Waals surface area contributed by atoms with Crippen LogP contribution >= 0.6 is 46.5 Å². The van der Waals surface area contributed by atoms with Crippen LogP contribution in [-0.4, -0.2) is 92.8 Å². The maximum atomic E-state index is 14.1. The maximum absolute atomic E-state index is 14.1. The fraction of sp³-hybridized carbons (Fsp3) is 0.343. The van der Waals surface area contributed by atoms with Gasteiger partial charge in [-0.2, -0.15) is 24.9 Å². The number of hydrogen-bond donors (Lipinski definition) is 2. The largest absolute Gasteiger partial charge is 0.471 e. The van der Waals surface area contributed by atoms with Gasteiger partial charge in [0.25, 0.3) is 11.8 Å². The quantitative estimate of drug-likeness (QED) is 0.0938. The van der Waals surface area contributed by atoms with Crippen LogP contribution in [-0.2, 0) is 38.3 Å². The van der Waals surface area contributed by atoms with Gasteiger partial charge < -0.3 is 19.6 Å². The second kappa shape index (κ2) is 17.5. The second-order valence-corrected chi connectivity index (χ2v) is 16.3. The molecule has 2 aliphatic rings. The number of alkyl halides is 3. The molecule has 0 radical (unpaired) electrons. The first-order valence-electron chi connectivity index (χ1n) is 16.2. The Morgan fingerprint density at radius 3 is 2.24 bits per heavy atom. The van der Waals surface area contributed by atoms with Crippen LogP contribution in [0.3, 0.4) is 0 Å². The van der Waals surface area contributed by atoms with E-state index < -0.39 is 82.1 Å². The number of benzene rings is 2. The van der Waals surface area contributed by atoms with Gasteiger partial charge >= 0.3 is 24.0 Å². The summed E-state index contributed by atoms with van der Waals surface area (Å²) in [5.41, 5.74) is -0.00949. The Morgan fingerprint density at radius 2 is 1.67 bits per heavy atom. The van der Waals surface area contributed by atoms with Crippen LogP contribution in [0, 0.1) is 0 Å². The third-order valence-corrected chi connectivity index (χ3v) is 10.7. The summed E-state index contributed by atoms with van der Waals surface area (Å²) in [4.78, 5) is 75.6. The highest BCUT2D eigenvalue weighted by Gasteiger charge is 2.55. The van der Waals surface area contributed by atoms with Gasteiger partial charge in [0.1, 0.15) is 32.7 Å². The maximum Gasteiger partial charge on any atom is 0.471 e. The zero-order valence-electron chi connectivity index (χ0n) is 29.5. The number of ether oxygens (including phenoxy) is 2. The van der Waals surface area contributed by atoms with E-state index in [4.69, 9.17) is 25.9 Å². The Morgan fingerprint density at radius 1 is 1.05 bits per heavy atom. The number of thioether (sulfide) groups is 2. The van der Waals surface area contributed by atoms with Gasteiger partial charge in [0.2, 0.25) is 6.61 Å². The van der Waals surface area contributed by atoms with Gasteiger partial charge in [-0.05, 0) is 43.7 Å². The van der Waals surface area contributed by atoms with Crippen molar-refractivity contribution in [3.8, 4) is 0 Å².